The van der Waals surface area contributed by atoms with E-state index >= 15 is 0 Å². The molecule has 1 fully saturated rings. The zero-order valence-corrected chi connectivity index (χ0v) is 24.2. The number of nitrogens with zero attached hydrogens (tertiary/aromatic N) is 1. The Kier molecular flexibility index (Phi) is 7.22. The average Bonchev–Trinajstić information content (AvgIpc) is 3.65. The number of aryl methyl sites for hydroxylation is 1. The molecule has 3 N–H and O–H groups in total. The van der Waals surface area contributed by atoms with Gasteiger partial charge in [0.15, 0.2) is 0 Å². The Balaban J connectivity index is 1.35. The number of amides is 2. The van der Waals surface area contributed by atoms with E-state index in [1.807, 2.05) is 63.2 Å². The van der Waals surface area contributed by atoms with E-state index in [-0.39, 0.29) is 23.4 Å². The van der Waals surface area contributed by atoms with Crippen molar-refractivity contribution in [1.82, 2.24) is 10.3 Å². The molecule has 0 aliphatic heterocycles. The molecule has 0 spiro atoms. The fourth-order valence-corrected chi connectivity index (χ4v) is 5.47. The second kappa shape index (κ2) is 11.0. The third-order valence-electron chi connectivity index (χ3n) is 7.80. The van der Waals surface area contributed by atoms with E-state index in [0.717, 1.165) is 35.2 Å². The van der Waals surface area contributed by atoms with Gasteiger partial charge in [0.25, 0.3) is 11.8 Å². The Morgan fingerprint density at radius 2 is 1.84 bits per heavy atom. The molecule has 1 aliphatic rings. The SMILES string of the molecule is Cc1cc(OC(C)C)c(C(=O)NC2(c3ccccn3)CC2)cc1Cc1ccc2oc(-c3ccc(F)cc3)c(C(N)=O)c2c1. The van der Waals surface area contributed by atoms with Crippen LogP contribution in [0.15, 0.2) is 83.4 Å². The molecule has 0 atom stereocenters. The van der Waals surface area contributed by atoms with Crippen LogP contribution in [0.3, 0.4) is 0 Å². The molecule has 0 bridgehead atoms. The van der Waals surface area contributed by atoms with E-state index in [2.05, 4.69) is 10.3 Å². The maximum atomic E-state index is 13.7. The van der Waals surface area contributed by atoms with Crippen LogP contribution < -0.4 is 15.8 Å². The van der Waals surface area contributed by atoms with E-state index in [9.17, 15) is 14.0 Å². The average molecular weight is 578 g/mol. The maximum absolute atomic E-state index is 13.7. The number of halogens is 1. The highest BCUT2D eigenvalue weighted by atomic mass is 19.1. The first-order valence-electron chi connectivity index (χ1n) is 14.3. The lowest BCUT2D eigenvalue weighted by Crippen LogP contribution is -2.36. The third kappa shape index (κ3) is 5.60. The van der Waals surface area contributed by atoms with Gasteiger partial charge in [0, 0.05) is 17.1 Å². The maximum Gasteiger partial charge on any atom is 0.255 e. The van der Waals surface area contributed by atoms with E-state index in [1.54, 1.807) is 24.4 Å². The van der Waals surface area contributed by atoms with Gasteiger partial charge in [0.1, 0.15) is 22.9 Å². The summed E-state index contributed by atoms with van der Waals surface area (Å²) < 4.78 is 25.6. The molecule has 0 radical (unpaired) electrons. The monoisotopic (exact) mass is 577 g/mol. The second-order valence-corrected chi connectivity index (χ2v) is 11.4. The number of benzene rings is 3. The highest BCUT2D eigenvalue weighted by Gasteiger charge is 2.47. The summed E-state index contributed by atoms with van der Waals surface area (Å²) in [5.41, 5.74) is 10.7. The number of aromatic nitrogens is 1. The van der Waals surface area contributed by atoms with Crippen LogP contribution >= 0.6 is 0 Å². The fraction of sp³-hybridized carbons (Fsp3) is 0.229. The van der Waals surface area contributed by atoms with Crippen molar-refractivity contribution in [3.63, 3.8) is 0 Å². The number of carbonyl (C=O) groups is 2. The predicted molar refractivity (Wildman–Crippen MR) is 162 cm³/mol. The van der Waals surface area contributed by atoms with Crippen molar-refractivity contribution in [2.45, 2.75) is 51.7 Å². The summed E-state index contributed by atoms with van der Waals surface area (Å²) in [6.07, 6.45) is 3.75. The number of hydrogen-bond acceptors (Lipinski definition) is 5. The normalized spacial score (nSPS) is 13.7. The third-order valence-corrected chi connectivity index (χ3v) is 7.80. The van der Waals surface area contributed by atoms with Gasteiger partial charge < -0.3 is 20.2 Å². The summed E-state index contributed by atoms with van der Waals surface area (Å²) in [5.74, 6) is -0.421. The molecular formula is C35H32FN3O4. The van der Waals surface area contributed by atoms with E-state index in [4.69, 9.17) is 14.9 Å². The van der Waals surface area contributed by atoms with Gasteiger partial charge in [-0.2, -0.15) is 0 Å². The first-order chi connectivity index (χ1) is 20.6. The summed E-state index contributed by atoms with van der Waals surface area (Å²) in [7, 11) is 0. The minimum Gasteiger partial charge on any atom is -0.490 e. The van der Waals surface area contributed by atoms with Gasteiger partial charge in [-0.15, -0.1) is 0 Å². The molecule has 2 heterocycles. The number of nitrogens with two attached hydrogens (primary N) is 1. The quantitative estimate of drug-likeness (QED) is 0.200. The van der Waals surface area contributed by atoms with Crippen molar-refractivity contribution in [2.24, 2.45) is 5.73 Å². The zero-order valence-electron chi connectivity index (χ0n) is 24.2. The molecule has 2 amide bonds. The highest BCUT2D eigenvalue weighted by molar-refractivity contribution is 6.10. The molecule has 5 aromatic rings. The van der Waals surface area contributed by atoms with Gasteiger partial charge in [-0.3, -0.25) is 14.6 Å². The van der Waals surface area contributed by atoms with Gasteiger partial charge in [0.05, 0.1) is 28.5 Å². The van der Waals surface area contributed by atoms with Crippen LogP contribution in [0.4, 0.5) is 4.39 Å². The Bertz CT molecular complexity index is 1840. The molecule has 7 nitrogen and oxygen atoms in total. The van der Waals surface area contributed by atoms with Gasteiger partial charge in [-0.1, -0.05) is 12.1 Å². The van der Waals surface area contributed by atoms with E-state index in [0.29, 0.717) is 40.0 Å². The number of ether oxygens (including phenoxy) is 1. The molecule has 218 valence electrons. The van der Waals surface area contributed by atoms with Crippen LogP contribution in [0.2, 0.25) is 0 Å². The standard InChI is InChI=1S/C35H32FN3O4/c1-20(2)42-29-16-21(3)24(19-27(29)34(41)39-35(13-14-35)30-6-4-5-15-38-30)17-22-7-12-28-26(18-22)31(33(37)40)32(43-28)23-8-10-25(36)11-9-23/h4-12,15-16,18-20H,13-14,17H2,1-3H3,(H2,37,40)(H,39,41). The smallest absolute Gasteiger partial charge is 0.255 e. The Hall–Kier alpha value is -4.98. The minimum absolute atomic E-state index is 0.117. The minimum atomic E-state index is -0.637. The first-order valence-corrected chi connectivity index (χ1v) is 14.3. The van der Waals surface area contributed by atoms with Crippen LogP contribution in [0, 0.1) is 12.7 Å². The molecular weight excluding hydrogens is 545 g/mol. The largest absolute Gasteiger partial charge is 0.490 e. The molecule has 2 aromatic heterocycles. The number of nitrogens with one attached hydrogen (secondary N) is 1. The number of furan rings is 1. The van der Waals surface area contributed by atoms with Gasteiger partial charge in [0.2, 0.25) is 0 Å². The molecule has 1 saturated carbocycles. The zero-order chi connectivity index (χ0) is 30.3. The van der Waals surface area contributed by atoms with Gasteiger partial charge >= 0.3 is 0 Å². The van der Waals surface area contributed by atoms with Crippen molar-refractivity contribution >= 4 is 22.8 Å². The van der Waals surface area contributed by atoms with Crippen molar-refractivity contribution in [1.29, 1.82) is 0 Å². The number of pyridine rings is 1. The van der Waals surface area contributed by atoms with E-state index in [1.165, 1.54) is 12.1 Å². The van der Waals surface area contributed by atoms with Crippen LogP contribution in [-0.2, 0) is 12.0 Å². The Labute approximate surface area is 248 Å². The summed E-state index contributed by atoms with van der Waals surface area (Å²) in [5, 5.41) is 3.80. The summed E-state index contributed by atoms with van der Waals surface area (Å²) >= 11 is 0. The fourth-order valence-electron chi connectivity index (χ4n) is 5.47. The van der Waals surface area contributed by atoms with E-state index < -0.39 is 11.4 Å². The topological polar surface area (TPSA) is 107 Å². The molecule has 1 aliphatic carbocycles. The van der Waals surface area contributed by atoms with Crippen molar-refractivity contribution in [2.75, 3.05) is 0 Å². The molecule has 3 aromatic carbocycles. The number of carbonyl (C=O) groups excluding carboxylic acids is 2. The number of fused-ring (bicyclic) bond motifs is 1. The molecule has 43 heavy (non-hydrogen) atoms. The molecule has 6 rings (SSSR count). The van der Waals surface area contributed by atoms with Crippen LogP contribution in [0.5, 0.6) is 5.75 Å². The van der Waals surface area contributed by atoms with Crippen molar-refractivity contribution in [3.8, 4) is 17.1 Å². The highest BCUT2D eigenvalue weighted by Crippen LogP contribution is 2.45. The van der Waals surface area contributed by atoms with Crippen LogP contribution in [0.25, 0.3) is 22.3 Å². The lowest BCUT2D eigenvalue weighted by atomic mass is 9.95. The molecule has 0 saturated heterocycles. The number of primary amides is 1. The lowest BCUT2D eigenvalue weighted by molar-refractivity contribution is 0.0922. The van der Waals surface area contributed by atoms with Gasteiger partial charge in [-0.25, -0.2) is 4.39 Å². The van der Waals surface area contributed by atoms with Crippen molar-refractivity contribution in [3.05, 3.63) is 118 Å². The predicted octanol–water partition coefficient (Wildman–Crippen LogP) is 6.84. The molecule has 0 unspecified atom stereocenters. The number of rotatable bonds is 9. The summed E-state index contributed by atoms with van der Waals surface area (Å²) in [4.78, 5) is 30.8. The molecule has 8 heteroatoms. The second-order valence-electron chi connectivity index (χ2n) is 11.4. The Morgan fingerprint density at radius 3 is 2.49 bits per heavy atom. The van der Waals surface area contributed by atoms with Crippen LogP contribution in [-0.4, -0.2) is 22.9 Å². The van der Waals surface area contributed by atoms with Gasteiger partial charge in [-0.05, 0) is 117 Å². The summed E-state index contributed by atoms with van der Waals surface area (Å²) in [6, 6.07) is 20.8. The number of hydrogen-bond donors (Lipinski definition) is 2. The Morgan fingerprint density at radius 1 is 1.07 bits per heavy atom. The summed E-state index contributed by atoms with van der Waals surface area (Å²) in [6.45, 7) is 5.84. The first kappa shape index (κ1) is 28.2. The lowest BCUT2D eigenvalue weighted by Gasteiger charge is -2.21. The van der Waals surface area contributed by atoms with Crippen LogP contribution in [0.1, 0.15) is 69.8 Å². The van der Waals surface area contributed by atoms with Crippen molar-refractivity contribution < 1.29 is 23.1 Å².